The number of fused-ring (bicyclic) bond motifs is 1. The molecule has 108 valence electrons. The molecule has 0 aliphatic carbocycles. The van der Waals surface area contributed by atoms with Gasteiger partial charge in [-0.2, -0.15) is 4.98 Å². The van der Waals surface area contributed by atoms with E-state index in [2.05, 4.69) is 34.2 Å². The van der Waals surface area contributed by atoms with Crippen molar-refractivity contribution in [1.29, 1.82) is 0 Å². The summed E-state index contributed by atoms with van der Waals surface area (Å²) in [6.45, 7) is 4.04. The van der Waals surface area contributed by atoms with E-state index in [1.54, 1.807) is 11.3 Å². The number of para-hydroxylation sites is 1. The van der Waals surface area contributed by atoms with Crippen molar-refractivity contribution in [2.45, 2.75) is 13.8 Å². The second kappa shape index (κ2) is 5.03. The zero-order chi connectivity index (χ0) is 15.1. The van der Waals surface area contributed by atoms with Crippen LogP contribution in [0.2, 0.25) is 0 Å². The summed E-state index contributed by atoms with van der Waals surface area (Å²) in [6, 6.07) is 14.1. The van der Waals surface area contributed by atoms with Gasteiger partial charge < -0.3 is 4.52 Å². The Morgan fingerprint density at radius 2 is 1.86 bits per heavy atom. The molecule has 3 aromatic heterocycles. The van der Waals surface area contributed by atoms with Crippen LogP contribution in [0.4, 0.5) is 0 Å². The summed E-state index contributed by atoms with van der Waals surface area (Å²) in [5.74, 6) is 1.13. The Morgan fingerprint density at radius 1 is 0.955 bits per heavy atom. The van der Waals surface area contributed by atoms with Crippen LogP contribution in [0.15, 0.2) is 47.0 Å². The molecule has 0 aliphatic heterocycles. The third-order valence-electron chi connectivity index (χ3n) is 3.48. The Bertz CT molecular complexity index is 971. The average molecular weight is 307 g/mol. The summed E-state index contributed by atoms with van der Waals surface area (Å²) >= 11 is 1.65. The van der Waals surface area contributed by atoms with E-state index in [9.17, 15) is 0 Å². The van der Waals surface area contributed by atoms with Crippen molar-refractivity contribution in [2.24, 2.45) is 0 Å². The number of hydrogen-bond acceptors (Lipinski definition) is 5. The molecular weight excluding hydrogens is 294 g/mol. The van der Waals surface area contributed by atoms with Gasteiger partial charge in [0.05, 0.1) is 16.0 Å². The highest BCUT2D eigenvalue weighted by molar-refractivity contribution is 7.15. The molecule has 4 nitrogen and oxygen atoms in total. The van der Waals surface area contributed by atoms with E-state index in [4.69, 9.17) is 4.52 Å². The van der Waals surface area contributed by atoms with Crippen molar-refractivity contribution >= 4 is 22.2 Å². The van der Waals surface area contributed by atoms with Gasteiger partial charge in [0.2, 0.25) is 5.82 Å². The van der Waals surface area contributed by atoms with Crippen molar-refractivity contribution in [2.75, 3.05) is 0 Å². The minimum absolute atomic E-state index is 0.504. The molecule has 0 unspecified atom stereocenters. The lowest BCUT2D eigenvalue weighted by atomic mass is 10.1. The fourth-order valence-electron chi connectivity index (χ4n) is 2.40. The Kier molecular flexibility index (Phi) is 3.01. The summed E-state index contributed by atoms with van der Waals surface area (Å²) in [5, 5.41) is 5.17. The second-order valence-corrected chi connectivity index (χ2v) is 6.45. The van der Waals surface area contributed by atoms with Crippen molar-refractivity contribution in [3.63, 3.8) is 0 Å². The van der Waals surface area contributed by atoms with E-state index in [-0.39, 0.29) is 0 Å². The van der Waals surface area contributed by atoms with Gasteiger partial charge in [0.1, 0.15) is 0 Å². The van der Waals surface area contributed by atoms with Crippen LogP contribution in [0.5, 0.6) is 0 Å². The van der Waals surface area contributed by atoms with Crippen LogP contribution < -0.4 is 0 Å². The van der Waals surface area contributed by atoms with Crippen LogP contribution in [0.25, 0.3) is 33.1 Å². The molecular formula is C17H13N3OS. The third-order valence-corrected chi connectivity index (χ3v) is 4.47. The highest BCUT2D eigenvalue weighted by atomic mass is 32.1. The first-order valence-corrected chi connectivity index (χ1v) is 7.79. The van der Waals surface area contributed by atoms with Crippen LogP contribution in [0, 0.1) is 13.8 Å². The molecule has 0 N–H and O–H groups in total. The van der Waals surface area contributed by atoms with Gasteiger partial charge in [-0.3, -0.25) is 4.98 Å². The minimum atomic E-state index is 0.504. The average Bonchev–Trinajstić information content (AvgIpc) is 3.15. The Labute approximate surface area is 131 Å². The van der Waals surface area contributed by atoms with Gasteiger partial charge in [0.15, 0.2) is 0 Å². The highest BCUT2D eigenvalue weighted by Crippen LogP contribution is 2.30. The summed E-state index contributed by atoms with van der Waals surface area (Å²) in [6.07, 6.45) is 0. The number of aryl methyl sites for hydroxylation is 2. The second-order valence-electron chi connectivity index (χ2n) is 5.16. The van der Waals surface area contributed by atoms with E-state index >= 15 is 0 Å². The quantitative estimate of drug-likeness (QED) is 0.542. The number of nitrogens with zero attached hydrogens (tertiary/aromatic N) is 3. The van der Waals surface area contributed by atoms with Gasteiger partial charge in [0.25, 0.3) is 5.89 Å². The normalized spacial score (nSPS) is 11.2. The van der Waals surface area contributed by atoms with Crippen LogP contribution in [-0.4, -0.2) is 15.1 Å². The van der Waals surface area contributed by atoms with Crippen LogP contribution in [0.1, 0.15) is 10.6 Å². The fraction of sp³-hybridized carbons (Fsp3) is 0.118. The predicted octanol–water partition coefficient (Wildman–Crippen LogP) is 4.63. The molecule has 0 amide bonds. The molecule has 0 saturated heterocycles. The molecule has 5 heteroatoms. The molecule has 4 rings (SSSR count). The molecule has 1 aromatic carbocycles. The summed E-state index contributed by atoms with van der Waals surface area (Å²) in [5.41, 5.74) is 2.72. The standard InChI is InChI=1S/C17H13N3OS/c1-10-6-8-12-4-3-5-13(15(12)18-10)17-19-16(20-21-17)14-9-7-11(2)22-14/h3-9H,1-2H3. The van der Waals surface area contributed by atoms with Gasteiger partial charge in [-0.15, -0.1) is 11.3 Å². The first-order chi connectivity index (χ1) is 10.7. The smallest absolute Gasteiger partial charge is 0.260 e. The SMILES string of the molecule is Cc1ccc2cccc(-c3nc(-c4ccc(C)s4)no3)c2n1. The van der Waals surface area contributed by atoms with Crippen LogP contribution in [0.3, 0.4) is 0 Å². The predicted molar refractivity (Wildman–Crippen MR) is 87.8 cm³/mol. The number of benzene rings is 1. The Balaban J connectivity index is 1.86. The first-order valence-electron chi connectivity index (χ1n) is 6.98. The molecule has 3 heterocycles. The van der Waals surface area contributed by atoms with Crippen LogP contribution in [-0.2, 0) is 0 Å². The minimum Gasteiger partial charge on any atom is -0.334 e. The monoisotopic (exact) mass is 307 g/mol. The van der Waals surface area contributed by atoms with Crippen molar-refractivity contribution in [3.05, 3.63) is 53.0 Å². The van der Waals surface area contributed by atoms with Crippen molar-refractivity contribution in [1.82, 2.24) is 15.1 Å². The maximum Gasteiger partial charge on any atom is 0.260 e. The van der Waals surface area contributed by atoms with E-state index in [1.165, 1.54) is 4.88 Å². The number of thiophene rings is 1. The molecule has 22 heavy (non-hydrogen) atoms. The Morgan fingerprint density at radius 3 is 2.68 bits per heavy atom. The topological polar surface area (TPSA) is 51.8 Å². The lowest BCUT2D eigenvalue weighted by molar-refractivity contribution is 0.433. The third kappa shape index (κ3) is 2.19. The number of rotatable bonds is 2. The van der Waals surface area contributed by atoms with Gasteiger partial charge in [-0.25, -0.2) is 0 Å². The fourth-order valence-corrected chi connectivity index (χ4v) is 3.20. The molecule has 0 radical (unpaired) electrons. The summed E-state index contributed by atoms with van der Waals surface area (Å²) < 4.78 is 5.47. The molecule has 0 bridgehead atoms. The molecule has 0 saturated carbocycles. The van der Waals surface area contributed by atoms with Gasteiger partial charge >= 0.3 is 0 Å². The van der Waals surface area contributed by atoms with Crippen molar-refractivity contribution in [3.8, 4) is 22.2 Å². The number of hydrogen-bond donors (Lipinski definition) is 0. The number of aromatic nitrogens is 3. The lowest BCUT2D eigenvalue weighted by Gasteiger charge is -2.02. The van der Waals surface area contributed by atoms with Gasteiger partial charge in [0, 0.05) is 16.0 Å². The van der Waals surface area contributed by atoms with Gasteiger partial charge in [-0.05, 0) is 38.1 Å². The maximum absolute atomic E-state index is 5.47. The summed E-state index contributed by atoms with van der Waals surface area (Å²) in [7, 11) is 0. The first kappa shape index (κ1) is 13.2. The lowest BCUT2D eigenvalue weighted by Crippen LogP contribution is -1.87. The maximum atomic E-state index is 5.47. The molecule has 0 atom stereocenters. The zero-order valence-electron chi connectivity index (χ0n) is 12.2. The van der Waals surface area contributed by atoms with E-state index in [0.717, 1.165) is 27.0 Å². The molecule has 0 aliphatic rings. The number of pyridine rings is 1. The Hall–Kier alpha value is -2.53. The van der Waals surface area contributed by atoms with E-state index in [1.807, 2.05) is 37.3 Å². The van der Waals surface area contributed by atoms with Gasteiger partial charge in [-0.1, -0.05) is 23.4 Å². The highest BCUT2D eigenvalue weighted by Gasteiger charge is 2.15. The molecule has 4 aromatic rings. The van der Waals surface area contributed by atoms with Crippen LogP contribution >= 0.6 is 11.3 Å². The molecule has 0 fully saturated rings. The van der Waals surface area contributed by atoms with Crippen molar-refractivity contribution < 1.29 is 4.52 Å². The summed E-state index contributed by atoms with van der Waals surface area (Å²) in [4.78, 5) is 11.4. The molecule has 0 spiro atoms. The zero-order valence-corrected chi connectivity index (χ0v) is 13.0. The largest absolute Gasteiger partial charge is 0.334 e. The van der Waals surface area contributed by atoms with E-state index < -0.39 is 0 Å². The van der Waals surface area contributed by atoms with E-state index in [0.29, 0.717) is 11.7 Å².